The van der Waals surface area contributed by atoms with Crippen molar-refractivity contribution in [3.8, 4) is 0 Å². The number of nitrogens with zero attached hydrogens (tertiary/aromatic N) is 2. The van der Waals surface area contributed by atoms with Gasteiger partial charge in [0.1, 0.15) is 0 Å². The van der Waals surface area contributed by atoms with Crippen molar-refractivity contribution in [3.05, 3.63) is 23.5 Å². The van der Waals surface area contributed by atoms with Crippen molar-refractivity contribution in [2.24, 2.45) is 5.92 Å². The molecule has 0 saturated carbocycles. The Hall–Kier alpha value is -1.00. The van der Waals surface area contributed by atoms with Crippen LogP contribution in [0.3, 0.4) is 0 Å². The van der Waals surface area contributed by atoms with Gasteiger partial charge in [-0.05, 0) is 44.8 Å². The zero-order chi connectivity index (χ0) is 12.7. The number of fused-ring (bicyclic) bond motifs is 3. The van der Waals surface area contributed by atoms with Crippen molar-refractivity contribution < 1.29 is 4.79 Å². The lowest BCUT2D eigenvalue weighted by molar-refractivity contribution is 0.0267. The molecule has 3 fully saturated rings. The summed E-state index contributed by atoms with van der Waals surface area (Å²) in [5.41, 5.74) is 0. The Morgan fingerprint density at radius 2 is 2.17 bits per heavy atom. The normalized spacial score (nSPS) is 34.6. The molecule has 1 aromatic heterocycles. The third kappa shape index (κ3) is 2.04. The molecule has 1 amide bonds. The minimum Gasteiger partial charge on any atom is -0.333 e. The van der Waals surface area contributed by atoms with Crippen LogP contribution in [-0.2, 0) is 0 Å². The maximum Gasteiger partial charge on any atom is 0.325 e. The smallest absolute Gasteiger partial charge is 0.325 e. The van der Waals surface area contributed by atoms with E-state index in [9.17, 15) is 4.79 Å². The molecular weight excluding hydrogens is 250 g/mol. The maximum absolute atomic E-state index is 12.1. The summed E-state index contributed by atoms with van der Waals surface area (Å²) in [6.07, 6.45) is 5.73. The second-order valence-electron chi connectivity index (χ2n) is 5.33. The molecule has 0 aromatic carbocycles. The van der Waals surface area contributed by atoms with Gasteiger partial charge in [0.2, 0.25) is 0 Å². The second-order valence-corrected chi connectivity index (χ2v) is 5.76. The average molecular weight is 268 g/mol. The van der Waals surface area contributed by atoms with Crippen LogP contribution in [0.25, 0.3) is 0 Å². The zero-order valence-electron chi connectivity index (χ0n) is 10.5. The summed E-state index contributed by atoms with van der Waals surface area (Å²) in [6.45, 7) is 4.56. The maximum atomic E-state index is 12.1. The summed E-state index contributed by atoms with van der Waals surface area (Å²) in [7, 11) is 0. The first-order chi connectivity index (χ1) is 8.65. The lowest BCUT2D eigenvalue weighted by atomic mass is 9.79. The molecule has 1 aromatic rings. The molecule has 4 nitrogen and oxygen atoms in total. The molecule has 18 heavy (non-hydrogen) atoms. The molecule has 1 N–H and O–H groups in total. The largest absolute Gasteiger partial charge is 0.333 e. The number of rotatable bonds is 1. The van der Waals surface area contributed by atoms with Crippen LogP contribution in [0.5, 0.6) is 0 Å². The number of piperidine rings is 3. The summed E-state index contributed by atoms with van der Waals surface area (Å²) >= 11 is 5.83. The molecule has 3 saturated heterocycles. The van der Waals surface area contributed by atoms with Crippen molar-refractivity contribution in [2.45, 2.75) is 31.8 Å². The van der Waals surface area contributed by atoms with E-state index in [1.54, 1.807) is 18.5 Å². The number of hydrogen-bond acceptors (Lipinski definition) is 2. The number of amides is 1. The van der Waals surface area contributed by atoms with Gasteiger partial charge in [0.15, 0.2) is 0 Å². The first-order valence-electron chi connectivity index (χ1n) is 6.53. The Labute approximate surface area is 112 Å². The number of nitrogens with one attached hydrogen (secondary N) is 1. The van der Waals surface area contributed by atoms with Crippen LogP contribution in [-0.4, -0.2) is 40.7 Å². The van der Waals surface area contributed by atoms with Gasteiger partial charge >= 0.3 is 6.03 Å². The highest BCUT2D eigenvalue weighted by atomic mass is 35.5. The van der Waals surface area contributed by atoms with Gasteiger partial charge in [-0.15, -0.1) is 0 Å². The minimum absolute atomic E-state index is 0.0764. The Balaban J connectivity index is 1.71. The molecule has 3 aliphatic rings. The van der Waals surface area contributed by atoms with Crippen molar-refractivity contribution in [2.75, 3.05) is 13.1 Å². The quantitative estimate of drug-likeness (QED) is 0.847. The van der Waals surface area contributed by atoms with E-state index in [0.29, 0.717) is 17.0 Å². The molecule has 3 aliphatic heterocycles. The van der Waals surface area contributed by atoms with Crippen LogP contribution in [0.2, 0.25) is 5.02 Å². The number of hydrogen-bond donors (Lipinski definition) is 1. The monoisotopic (exact) mass is 267 g/mol. The Morgan fingerprint density at radius 3 is 2.72 bits per heavy atom. The lowest BCUT2D eigenvalue weighted by Gasteiger charge is -2.49. The van der Waals surface area contributed by atoms with Crippen LogP contribution in [0.4, 0.5) is 4.79 Å². The molecule has 2 atom stereocenters. The number of halogens is 1. The third-order valence-corrected chi connectivity index (χ3v) is 4.58. The van der Waals surface area contributed by atoms with Crippen molar-refractivity contribution in [3.63, 3.8) is 0 Å². The van der Waals surface area contributed by atoms with Gasteiger partial charge < -0.3 is 5.32 Å². The summed E-state index contributed by atoms with van der Waals surface area (Å²) in [6, 6.07) is 2.35. The summed E-state index contributed by atoms with van der Waals surface area (Å²) < 4.78 is 1.52. The van der Waals surface area contributed by atoms with E-state index in [1.807, 2.05) is 0 Å². The Bertz CT molecular complexity index is 449. The molecule has 0 spiro atoms. The molecule has 0 radical (unpaired) electrons. The molecule has 4 rings (SSSR count). The topological polar surface area (TPSA) is 37.3 Å². The van der Waals surface area contributed by atoms with Gasteiger partial charge in [0, 0.05) is 24.5 Å². The van der Waals surface area contributed by atoms with Gasteiger partial charge in [0.25, 0.3) is 0 Å². The fourth-order valence-electron chi connectivity index (χ4n) is 3.26. The molecule has 0 aliphatic carbocycles. The molecule has 5 heteroatoms. The summed E-state index contributed by atoms with van der Waals surface area (Å²) in [4.78, 5) is 14.6. The van der Waals surface area contributed by atoms with Gasteiger partial charge in [0.05, 0.1) is 5.02 Å². The van der Waals surface area contributed by atoms with Gasteiger partial charge in [-0.3, -0.25) is 9.47 Å². The molecule has 0 unspecified atom stereocenters. The summed E-state index contributed by atoms with van der Waals surface area (Å²) in [5.74, 6) is 0.625. The van der Waals surface area contributed by atoms with E-state index >= 15 is 0 Å². The fourth-order valence-corrected chi connectivity index (χ4v) is 3.42. The molecule has 4 heterocycles. The molecule has 2 bridgehead atoms. The fraction of sp³-hybridized carbons (Fsp3) is 0.615. The van der Waals surface area contributed by atoms with Gasteiger partial charge in [-0.1, -0.05) is 11.6 Å². The van der Waals surface area contributed by atoms with Crippen molar-refractivity contribution in [1.82, 2.24) is 14.8 Å². The van der Waals surface area contributed by atoms with Crippen LogP contribution in [0.1, 0.15) is 19.8 Å². The first-order valence-corrected chi connectivity index (χ1v) is 6.91. The molecule has 98 valence electrons. The predicted molar refractivity (Wildman–Crippen MR) is 70.9 cm³/mol. The predicted octanol–water partition coefficient (Wildman–Crippen LogP) is 2.18. The van der Waals surface area contributed by atoms with E-state index < -0.39 is 0 Å². The number of aromatic nitrogens is 1. The second kappa shape index (κ2) is 4.59. The third-order valence-electron chi connectivity index (χ3n) is 4.36. The van der Waals surface area contributed by atoms with E-state index in [1.165, 1.54) is 30.5 Å². The number of carbonyl (C=O) groups is 1. The number of carbonyl (C=O) groups excluding carboxylic acids is 1. The van der Waals surface area contributed by atoms with E-state index in [-0.39, 0.29) is 12.1 Å². The standard InChI is InChI=1S/C13H18ClN3O/c1-9-12(10-2-5-16(9)6-3-10)15-13(18)17-7-4-11(14)8-17/h4,7-10,12H,2-3,5-6H2,1H3,(H,15,18)/t9-,12-/m0/s1. The highest BCUT2D eigenvalue weighted by Gasteiger charge is 2.40. The highest BCUT2D eigenvalue weighted by Crippen LogP contribution is 2.32. The van der Waals surface area contributed by atoms with E-state index in [0.717, 1.165) is 0 Å². The summed E-state index contributed by atoms with van der Waals surface area (Å²) in [5, 5.41) is 3.74. The molecular formula is C13H18ClN3O. The Kier molecular flexibility index (Phi) is 3.08. The van der Waals surface area contributed by atoms with E-state index in [4.69, 9.17) is 11.6 Å². The van der Waals surface area contributed by atoms with Crippen LogP contribution in [0.15, 0.2) is 18.5 Å². The van der Waals surface area contributed by atoms with Crippen molar-refractivity contribution in [1.29, 1.82) is 0 Å². The van der Waals surface area contributed by atoms with E-state index in [2.05, 4.69) is 17.1 Å². The highest BCUT2D eigenvalue weighted by molar-refractivity contribution is 6.30. The Morgan fingerprint density at radius 1 is 1.44 bits per heavy atom. The van der Waals surface area contributed by atoms with Gasteiger partial charge in [-0.25, -0.2) is 4.79 Å². The lowest BCUT2D eigenvalue weighted by Crippen LogP contribution is -2.62. The van der Waals surface area contributed by atoms with Gasteiger partial charge in [-0.2, -0.15) is 0 Å². The van der Waals surface area contributed by atoms with Crippen LogP contribution in [0, 0.1) is 5.92 Å². The zero-order valence-corrected chi connectivity index (χ0v) is 11.2. The van der Waals surface area contributed by atoms with Crippen LogP contribution >= 0.6 is 11.6 Å². The SMILES string of the molecule is C[C@H]1[C@H](NC(=O)n2ccc(Cl)c2)C2CCN1CC2. The van der Waals surface area contributed by atoms with Crippen LogP contribution < -0.4 is 5.32 Å². The first kappa shape index (κ1) is 12.1. The average Bonchev–Trinajstić information content (AvgIpc) is 2.81. The minimum atomic E-state index is -0.0764. The van der Waals surface area contributed by atoms with Crippen molar-refractivity contribution >= 4 is 17.6 Å².